The van der Waals surface area contributed by atoms with Crippen LogP contribution >= 0.6 is 11.6 Å². The minimum Gasteiger partial charge on any atom is -0.404 e. The molecule has 0 bridgehead atoms. The summed E-state index contributed by atoms with van der Waals surface area (Å²) in [7, 11) is 0. The van der Waals surface area contributed by atoms with Gasteiger partial charge in [0.2, 0.25) is 0 Å². The molecule has 2 rings (SSSR count). The number of nitrogens with zero attached hydrogens (tertiary/aromatic N) is 1. The van der Waals surface area contributed by atoms with Crippen molar-refractivity contribution >= 4 is 11.6 Å². The first-order valence-corrected chi connectivity index (χ1v) is 5.95. The first-order chi connectivity index (χ1) is 9.70. The minimum atomic E-state index is -4.95. The molecule has 21 heavy (non-hydrogen) atoms. The Labute approximate surface area is 120 Å². The van der Waals surface area contributed by atoms with Gasteiger partial charge in [0.1, 0.15) is 5.15 Å². The molecule has 0 aliphatic carbocycles. The van der Waals surface area contributed by atoms with Gasteiger partial charge in [-0.15, -0.1) is 13.2 Å². The fraction of sp³-hybridized carbons (Fsp3) is 0.167. The molecule has 1 heterocycles. The Bertz CT molecular complexity index is 796. The van der Waals surface area contributed by atoms with E-state index in [2.05, 4.69) is 9.72 Å². The number of H-pyrrole nitrogens is 1. The standard InChI is InChI=1S/C12H8ClF3N2O3/c1-6-9(13)17-11(20)18(10(6)19)7-4-2-3-5-8(7)21-12(14,15)16/h2-5H,1H3,(H,17,20). The second-order valence-electron chi connectivity index (χ2n) is 4.03. The molecule has 0 aliphatic heterocycles. The average molecular weight is 321 g/mol. The lowest BCUT2D eigenvalue weighted by atomic mass is 10.2. The van der Waals surface area contributed by atoms with Gasteiger partial charge in [-0.3, -0.25) is 9.78 Å². The van der Waals surface area contributed by atoms with Crippen LogP contribution < -0.4 is 16.0 Å². The number of nitrogens with one attached hydrogen (secondary N) is 1. The minimum absolute atomic E-state index is 0.00178. The van der Waals surface area contributed by atoms with Crippen molar-refractivity contribution in [3.8, 4) is 11.4 Å². The predicted octanol–water partition coefficient (Wildman–Crippen LogP) is 2.39. The topological polar surface area (TPSA) is 64.1 Å². The number of alkyl halides is 3. The Morgan fingerprint density at radius 2 is 1.86 bits per heavy atom. The number of hydrogen-bond donors (Lipinski definition) is 1. The van der Waals surface area contributed by atoms with E-state index in [4.69, 9.17) is 11.6 Å². The Morgan fingerprint density at radius 1 is 1.24 bits per heavy atom. The SMILES string of the molecule is Cc1c(Cl)[nH]c(=O)n(-c2ccccc2OC(F)(F)F)c1=O. The van der Waals surface area contributed by atoms with E-state index in [1.54, 1.807) is 0 Å². The van der Waals surface area contributed by atoms with Gasteiger partial charge in [-0.05, 0) is 19.1 Å². The van der Waals surface area contributed by atoms with Crippen LogP contribution in [0, 0.1) is 6.92 Å². The second-order valence-corrected chi connectivity index (χ2v) is 4.40. The lowest BCUT2D eigenvalue weighted by molar-refractivity contribution is -0.274. The van der Waals surface area contributed by atoms with Crippen LogP contribution in [0.3, 0.4) is 0 Å². The Hall–Kier alpha value is -2.22. The fourth-order valence-corrected chi connectivity index (χ4v) is 1.83. The molecule has 0 fully saturated rings. The van der Waals surface area contributed by atoms with E-state index >= 15 is 0 Å². The van der Waals surface area contributed by atoms with Gasteiger partial charge in [-0.25, -0.2) is 9.36 Å². The van der Waals surface area contributed by atoms with Crippen LogP contribution in [0.15, 0.2) is 33.9 Å². The quantitative estimate of drug-likeness (QED) is 0.864. The summed E-state index contributed by atoms with van der Waals surface area (Å²) in [5.41, 5.74) is -2.13. The van der Waals surface area contributed by atoms with Crippen molar-refractivity contribution in [2.45, 2.75) is 13.3 Å². The van der Waals surface area contributed by atoms with E-state index in [9.17, 15) is 22.8 Å². The Balaban J connectivity index is 2.72. The summed E-state index contributed by atoms with van der Waals surface area (Å²) in [4.78, 5) is 26.0. The number of hydrogen-bond acceptors (Lipinski definition) is 3. The highest BCUT2D eigenvalue weighted by Crippen LogP contribution is 2.27. The molecule has 0 aliphatic rings. The van der Waals surface area contributed by atoms with E-state index in [1.807, 2.05) is 0 Å². The molecule has 1 aromatic heterocycles. The third-order valence-electron chi connectivity index (χ3n) is 2.60. The van der Waals surface area contributed by atoms with E-state index in [0.717, 1.165) is 12.1 Å². The summed E-state index contributed by atoms with van der Waals surface area (Å²) in [6.45, 7) is 1.34. The van der Waals surface area contributed by atoms with Crippen molar-refractivity contribution < 1.29 is 17.9 Å². The zero-order valence-corrected chi connectivity index (χ0v) is 11.2. The van der Waals surface area contributed by atoms with Crippen molar-refractivity contribution in [3.05, 3.63) is 55.8 Å². The molecule has 0 spiro atoms. The van der Waals surface area contributed by atoms with Crippen molar-refractivity contribution in [2.75, 3.05) is 0 Å². The van der Waals surface area contributed by atoms with Crippen LogP contribution in [0.2, 0.25) is 5.15 Å². The molecule has 5 nitrogen and oxygen atoms in total. The average Bonchev–Trinajstić information content (AvgIpc) is 2.36. The highest BCUT2D eigenvalue weighted by atomic mass is 35.5. The van der Waals surface area contributed by atoms with Crippen LogP contribution in [0.1, 0.15) is 5.56 Å². The maximum atomic E-state index is 12.4. The van der Waals surface area contributed by atoms with Gasteiger partial charge >= 0.3 is 12.1 Å². The molecule has 0 unspecified atom stereocenters. The normalized spacial score (nSPS) is 11.5. The van der Waals surface area contributed by atoms with Crippen LogP contribution in [0.25, 0.3) is 5.69 Å². The van der Waals surface area contributed by atoms with Gasteiger partial charge in [0.25, 0.3) is 5.56 Å². The van der Waals surface area contributed by atoms with Gasteiger partial charge in [0.05, 0.1) is 11.3 Å². The van der Waals surface area contributed by atoms with E-state index in [-0.39, 0.29) is 16.4 Å². The fourth-order valence-electron chi connectivity index (χ4n) is 1.67. The molecule has 0 atom stereocenters. The number of ether oxygens (including phenoxy) is 1. The van der Waals surface area contributed by atoms with Gasteiger partial charge in [0.15, 0.2) is 5.75 Å². The number of halogens is 4. The molecular weight excluding hydrogens is 313 g/mol. The number of benzene rings is 1. The van der Waals surface area contributed by atoms with Crippen LogP contribution in [0.4, 0.5) is 13.2 Å². The first-order valence-electron chi connectivity index (χ1n) is 5.57. The highest BCUT2D eigenvalue weighted by Gasteiger charge is 2.32. The molecule has 0 saturated heterocycles. The van der Waals surface area contributed by atoms with Crippen LogP contribution in [-0.4, -0.2) is 15.9 Å². The highest BCUT2D eigenvalue weighted by molar-refractivity contribution is 6.30. The molecule has 9 heteroatoms. The predicted molar refractivity (Wildman–Crippen MR) is 69.1 cm³/mol. The molecule has 2 aromatic rings. The van der Waals surface area contributed by atoms with Gasteiger partial charge in [-0.2, -0.15) is 0 Å². The molecule has 112 valence electrons. The zero-order chi connectivity index (χ0) is 15.8. The van der Waals surface area contributed by atoms with Crippen molar-refractivity contribution in [2.24, 2.45) is 0 Å². The van der Waals surface area contributed by atoms with Crippen LogP contribution in [0.5, 0.6) is 5.75 Å². The summed E-state index contributed by atoms with van der Waals surface area (Å²) >= 11 is 5.64. The smallest absolute Gasteiger partial charge is 0.404 e. The monoisotopic (exact) mass is 320 g/mol. The third-order valence-corrected chi connectivity index (χ3v) is 2.98. The van der Waals surface area contributed by atoms with E-state index in [1.165, 1.54) is 19.1 Å². The molecule has 1 aromatic carbocycles. The van der Waals surface area contributed by atoms with Crippen molar-refractivity contribution in [1.29, 1.82) is 0 Å². The Morgan fingerprint density at radius 3 is 2.48 bits per heavy atom. The number of aromatic amines is 1. The number of rotatable bonds is 2. The molecule has 1 N–H and O–H groups in total. The zero-order valence-electron chi connectivity index (χ0n) is 10.5. The maximum Gasteiger partial charge on any atom is 0.573 e. The van der Waals surface area contributed by atoms with Gasteiger partial charge < -0.3 is 4.74 Å². The molecular formula is C12H8ClF3N2O3. The third kappa shape index (κ3) is 3.10. The van der Waals surface area contributed by atoms with E-state index in [0.29, 0.717) is 4.57 Å². The molecule has 0 amide bonds. The summed E-state index contributed by atoms with van der Waals surface area (Å²) < 4.78 is 41.4. The lowest BCUT2D eigenvalue weighted by Crippen LogP contribution is -2.35. The summed E-state index contributed by atoms with van der Waals surface area (Å²) in [5, 5.41) is -0.171. The van der Waals surface area contributed by atoms with E-state index < -0.39 is 23.4 Å². The molecule has 0 radical (unpaired) electrons. The van der Waals surface area contributed by atoms with Crippen molar-refractivity contribution in [3.63, 3.8) is 0 Å². The summed E-state index contributed by atoms with van der Waals surface area (Å²) in [5.74, 6) is -0.667. The molecule has 0 saturated carbocycles. The first kappa shape index (κ1) is 15.2. The van der Waals surface area contributed by atoms with Gasteiger partial charge in [-0.1, -0.05) is 23.7 Å². The van der Waals surface area contributed by atoms with Crippen LogP contribution in [-0.2, 0) is 0 Å². The second kappa shape index (κ2) is 5.28. The Kier molecular flexibility index (Phi) is 3.82. The number of aromatic nitrogens is 2. The number of para-hydroxylation sites is 2. The summed E-state index contributed by atoms with van der Waals surface area (Å²) in [6.07, 6.45) is -4.95. The summed E-state index contributed by atoms with van der Waals surface area (Å²) in [6, 6.07) is 4.81. The maximum absolute atomic E-state index is 12.4. The van der Waals surface area contributed by atoms with Gasteiger partial charge in [0, 0.05) is 0 Å². The largest absolute Gasteiger partial charge is 0.573 e. The van der Waals surface area contributed by atoms with Crippen molar-refractivity contribution in [1.82, 2.24) is 9.55 Å². The lowest BCUT2D eigenvalue weighted by Gasteiger charge is -2.14.